The maximum absolute atomic E-state index is 9.95. The first-order valence-electron chi connectivity index (χ1n) is 2.19. The number of hydrogen-bond acceptors (Lipinski definition) is 4. The molecule has 0 aliphatic carbocycles. The number of rotatable bonds is 1. The minimum Gasteiger partial charge on any atom is -0.809 e. The van der Waals surface area contributed by atoms with E-state index in [1.54, 1.807) is 6.92 Å². The Morgan fingerprint density at radius 2 is 1.70 bits per heavy atom. The molecule has 1 aliphatic heterocycles. The second-order valence-electron chi connectivity index (χ2n) is 1.77. The van der Waals surface area contributed by atoms with Crippen molar-refractivity contribution in [2.24, 2.45) is 0 Å². The van der Waals surface area contributed by atoms with Crippen LogP contribution < -0.4 is 68.9 Å². The Balaban J connectivity index is 0. The molecule has 0 aromatic rings. The van der Waals surface area contributed by atoms with Crippen molar-refractivity contribution in [2.45, 2.75) is 18.9 Å². The largest absolute Gasteiger partial charge is 1.00 e. The molecule has 1 saturated heterocycles. The Morgan fingerprint density at radius 3 is 1.70 bits per heavy atom. The number of ether oxygens (including phenoxy) is 1. The van der Waals surface area contributed by atoms with Crippen molar-refractivity contribution in [1.29, 1.82) is 0 Å². The van der Waals surface area contributed by atoms with E-state index < -0.39 is 13.4 Å². The minimum atomic E-state index is -4.40. The fraction of sp³-hybridized carbons (Fsp3) is 1.00. The molecule has 1 aliphatic rings. The standard InChI is InChI=1S/C3H7O4P.2Na/c1-2-3(7-2)8(4,5)6;;/h2-3H,1H3,(H2,4,5,6);;/q;2*+1/p-2/t2-,3+;;/m1../s1. The average Bonchev–Trinajstić information content (AvgIpc) is 2.13. The molecule has 0 N–H and O–H groups in total. The van der Waals surface area contributed by atoms with Crippen molar-refractivity contribution < 1.29 is 78.2 Å². The van der Waals surface area contributed by atoms with Crippen LogP contribution in [-0.2, 0) is 9.30 Å². The minimum absolute atomic E-state index is 0. The summed E-state index contributed by atoms with van der Waals surface area (Å²) in [5.41, 5.74) is 0. The molecule has 0 saturated carbocycles. The van der Waals surface area contributed by atoms with Gasteiger partial charge in [-0.25, -0.2) is 0 Å². The Morgan fingerprint density at radius 1 is 1.40 bits per heavy atom. The molecule has 0 spiro atoms. The van der Waals surface area contributed by atoms with Gasteiger partial charge in [-0.15, -0.1) is 0 Å². The number of epoxide rings is 1. The third-order valence-electron chi connectivity index (χ3n) is 0.991. The van der Waals surface area contributed by atoms with E-state index in [0.29, 0.717) is 0 Å². The summed E-state index contributed by atoms with van der Waals surface area (Å²) in [6.07, 6.45) is -0.379. The SMILES string of the molecule is C[C@H]1O[C@H]1P(=O)([O-])[O-].[Na+].[Na+]. The van der Waals surface area contributed by atoms with Crippen LogP contribution in [0.3, 0.4) is 0 Å². The van der Waals surface area contributed by atoms with Gasteiger partial charge in [-0.3, -0.25) is 0 Å². The molecule has 0 unspecified atom stereocenters. The zero-order valence-corrected chi connectivity index (χ0v) is 11.1. The molecule has 0 aromatic heterocycles. The second kappa shape index (κ2) is 4.97. The zero-order valence-electron chi connectivity index (χ0n) is 6.23. The summed E-state index contributed by atoms with van der Waals surface area (Å²) in [5.74, 6) is -1.04. The van der Waals surface area contributed by atoms with E-state index in [9.17, 15) is 14.4 Å². The Hall–Kier alpha value is 2.11. The molecule has 0 bridgehead atoms. The predicted octanol–water partition coefficient (Wildman–Crippen LogP) is -7.35. The van der Waals surface area contributed by atoms with Gasteiger partial charge in [0.05, 0.1) is 6.10 Å². The molecule has 0 amide bonds. The molecular formula is C3H5Na2O4P. The van der Waals surface area contributed by atoms with Crippen LogP contribution in [0.1, 0.15) is 6.92 Å². The maximum atomic E-state index is 9.95. The molecule has 1 rings (SSSR count). The van der Waals surface area contributed by atoms with E-state index in [-0.39, 0.29) is 65.2 Å². The molecule has 0 aromatic carbocycles. The molecule has 10 heavy (non-hydrogen) atoms. The smallest absolute Gasteiger partial charge is 0.809 e. The molecule has 7 heteroatoms. The van der Waals surface area contributed by atoms with Crippen LogP contribution >= 0.6 is 7.60 Å². The Bertz CT molecular complexity index is 145. The van der Waals surface area contributed by atoms with Crippen molar-refractivity contribution in [1.82, 2.24) is 0 Å². The summed E-state index contributed by atoms with van der Waals surface area (Å²) in [6, 6.07) is 0. The van der Waals surface area contributed by atoms with E-state index in [1.807, 2.05) is 0 Å². The van der Waals surface area contributed by atoms with Gasteiger partial charge in [0.25, 0.3) is 0 Å². The van der Waals surface area contributed by atoms with Crippen LogP contribution in [0.2, 0.25) is 0 Å². The van der Waals surface area contributed by atoms with Crippen LogP contribution in [0.25, 0.3) is 0 Å². The van der Waals surface area contributed by atoms with Crippen molar-refractivity contribution in [3.8, 4) is 0 Å². The summed E-state index contributed by atoms with van der Waals surface area (Å²) < 4.78 is 14.3. The normalized spacial score (nSPS) is 29.9. The van der Waals surface area contributed by atoms with Gasteiger partial charge in [0, 0.05) is 0 Å². The van der Waals surface area contributed by atoms with Crippen molar-refractivity contribution in [3.05, 3.63) is 0 Å². The average molecular weight is 182 g/mol. The third-order valence-corrected chi connectivity index (χ3v) is 2.16. The number of hydrogen-bond donors (Lipinski definition) is 0. The summed E-state index contributed by atoms with van der Waals surface area (Å²) in [5, 5.41) is 0. The van der Waals surface area contributed by atoms with Gasteiger partial charge in [0.15, 0.2) is 0 Å². The Labute approximate surface area is 103 Å². The summed E-state index contributed by atoms with van der Waals surface area (Å²) in [7, 11) is -4.40. The van der Waals surface area contributed by atoms with Crippen molar-refractivity contribution in [2.75, 3.05) is 0 Å². The molecule has 0 radical (unpaired) electrons. The van der Waals surface area contributed by atoms with E-state index in [2.05, 4.69) is 4.74 Å². The quantitative estimate of drug-likeness (QED) is 0.229. The molecule has 1 heterocycles. The first kappa shape index (κ1) is 14.6. The van der Waals surface area contributed by atoms with E-state index in [4.69, 9.17) is 0 Å². The van der Waals surface area contributed by atoms with Gasteiger partial charge in [-0.2, -0.15) is 0 Å². The topological polar surface area (TPSA) is 75.7 Å². The first-order valence-corrected chi connectivity index (χ1v) is 3.80. The zero-order chi connectivity index (χ0) is 6.36. The molecular weight excluding hydrogens is 177 g/mol. The molecule has 4 nitrogen and oxygen atoms in total. The molecule has 1 fully saturated rings. The molecule has 2 atom stereocenters. The summed E-state index contributed by atoms with van der Waals surface area (Å²) in [6.45, 7) is 1.55. The van der Waals surface area contributed by atoms with Gasteiger partial charge in [-0.05, 0) is 14.5 Å². The molecule has 48 valence electrons. The van der Waals surface area contributed by atoms with Crippen LogP contribution in [0.4, 0.5) is 0 Å². The summed E-state index contributed by atoms with van der Waals surface area (Å²) >= 11 is 0. The predicted molar refractivity (Wildman–Crippen MR) is 21.9 cm³/mol. The van der Waals surface area contributed by atoms with E-state index >= 15 is 0 Å². The maximum Gasteiger partial charge on any atom is 1.00 e. The fourth-order valence-electron chi connectivity index (χ4n) is 0.506. The third kappa shape index (κ3) is 4.21. The van der Waals surface area contributed by atoms with Crippen LogP contribution in [0, 0.1) is 0 Å². The first-order chi connectivity index (χ1) is 3.52. The van der Waals surface area contributed by atoms with Gasteiger partial charge in [0.2, 0.25) is 0 Å². The van der Waals surface area contributed by atoms with Crippen LogP contribution in [0.15, 0.2) is 0 Å². The van der Waals surface area contributed by atoms with E-state index in [1.165, 1.54) is 0 Å². The fourth-order valence-corrected chi connectivity index (χ4v) is 1.36. The van der Waals surface area contributed by atoms with Gasteiger partial charge in [0.1, 0.15) is 5.85 Å². The second-order valence-corrected chi connectivity index (χ2v) is 3.36. The van der Waals surface area contributed by atoms with Crippen molar-refractivity contribution >= 4 is 7.60 Å². The summed E-state index contributed by atoms with van der Waals surface area (Å²) in [4.78, 5) is 19.9. The van der Waals surface area contributed by atoms with Crippen LogP contribution in [0.5, 0.6) is 0 Å². The van der Waals surface area contributed by atoms with Crippen molar-refractivity contribution in [3.63, 3.8) is 0 Å². The van der Waals surface area contributed by atoms with Gasteiger partial charge in [-0.1, -0.05) is 0 Å². The van der Waals surface area contributed by atoms with Gasteiger partial charge >= 0.3 is 59.1 Å². The Kier molecular flexibility index (Phi) is 7.27. The van der Waals surface area contributed by atoms with Gasteiger partial charge < -0.3 is 19.1 Å². The van der Waals surface area contributed by atoms with Crippen LogP contribution in [-0.4, -0.2) is 11.9 Å². The monoisotopic (exact) mass is 182 g/mol. The van der Waals surface area contributed by atoms with E-state index in [0.717, 1.165) is 0 Å².